The summed E-state index contributed by atoms with van der Waals surface area (Å²) >= 11 is 0. The first-order chi connectivity index (χ1) is 16.5. The molecule has 0 spiro atoms. The Morgan fingerprint density at radius 3 is 2.85 bits per heavy atom. The van der Waals surface area contributed by atoms with E-state index in [0.717, 1.165) is 4.90 Å². The number of carbonyl (C=O) groups is 4. The Morgan fingerprint density at radius 2 is 2.00 bits per heavy atom. The van der Waals surface area contributed by atoms with E-state index < -0.39 is 29.7 Å². The Hall–Kier alpha value is -4.35. The van der Waals surface area contributed by atoms with Gasteiger partial charge in [0.05, 0.1) is 12.1 Å². The fraction of sp³-hybridized carbons (Fsp3) is 0.318. The first-order valence-electron chi connectivity index (χ1n) is 11.0. The van der Waals surface area contributed by atoms with Gasteiger partial charge in [-0.15, -0.1) is 0 Å². The van der Waals surface area contributed by atoms with Crippen LogP contribution in [0.25, 0.3) is 17.0 Å². The number of amides is 4. The quantitative estimate of drug-likeness (QED) is 0.546. The van der Waals surface area contributed by atoms with Gasteiger partial charge < -0.3 is 13.8 Å². The second-order valence-electron chi connectivity index (χ2n) is 8.39. The summed E-state index contributed by atoms with van der Waals surface area (Å²) in [6.45, 7) is 0.667. The summed E-state index contributed by atoms with van der Waals surface area (Å²) in [7, 11) is 0. The predicted molar refractivity (Wildman–Crippen MR) is 113 cm³/mol. The minimum absolute atomic E-state index is 0.0793. The molecule has 6 rings (SSSR count). The number of carbonyl (C=O) groups excluding carboxylic acids is 4. The average molecular weight is 461 g/mol. The lowest BCUT2D eigenvalue weighted by Crippen LogP contribution is -2.55. The third-order valence-electron chi connectivity index (χ3n) is 6.33. The van der Waals surface area contributed by atoms with E-state index in [1.54, 1.807) is 11.1 Å². The Kier molecular flexibility index (Phi) is 4.54. The third-order valence-corrected chi connectivity index (χ3v) is 6.33. The van der Waals surface area contributed by atoms with Crippen molar-refractivity contribution in [3.63, 3.8) is 0 Å². The maximum Gasteiger partial charge on any atom is 0.278 e. The zero-order chi connectivity index (χ0) is 23.4. The number of pyridine rings is 1. The number of hydrogen-bond acceptors (Lipinski definition) is 9. The lowest BCUT2D eigenvalue weighted by molar-refractivity contribution is -0.150. The van der Waals surface area contributed by atoms with Gasteiger partial charge in [-0.3, -0.25) is 29.4 Å². The molecule has 0 saturated carbocycles. The van der Waals surface area contributed by atoms with Gasteiger partial charge in [-0.25, -0.2) is 4.98 Å². The predicted octanol–water partition coefficient (Wildman–Crippen LogP) is 0.408. The van der Waals surface area contributed by atoms with Gasteiger partial charge >= 0.3 is 0 Å². The van der Waals surface area contributed by atoms with E-state index in [1.807, 2.05) is 28.9 Å². The first-order valence-corrected chi connectivity index (χ1v) is 11.0. The molecule has 0 bridgehead atoms. The van der Waals surface area contributed by atoms with Crippen molar-refractivity contribution < 1.29 is 23.7 Å². The summed E-state index contributed by atoms with van der Waals surface area (Å²) in [5.41, 5.74) is 2.03. The molecule has 1 unspecified atom stereocenters. The Bertz CT molecular complexity index is 1400. The highest BCUT2D eigenvalue weighted by atomic mass is 16.5. The Morgan fingerprint density at radius 1 is 1.12 bits per heavy atom. The fourth-order valence-corrected chi connectivity index (χ4v) is 4.78. The summed E-state index contributed by atoms with van der Waals surface area (Å²) in [4.78, 5) is 61.7. The van der Waals surface area contributed by atoms with Crippen LogP contribution in [0.3, 0.4) is 0 Å². The van der Waals surface area contributed by atoms with Gasteiger partial charge in [0, 0.05) is 37.1 Å². The largest absolute Gasteiger partial charge is 0.357 e. The smallest absolute Gasteiger partial charge is 0.278 e. The van der Waals surface area contributed by atoms with Crippen molar-refractivity contribution in [2.75, 3.05) is 6.54 Å². The van der Waals surface area contributed by atoms with Crippen molar-refractivity contribution >= 4 is 29.3 Å². The van der Waals surface area contributed by atoms with Crippen LogP contribution in [0.2, 0.25) is 0 Å². The SMILES string of the molecule is O=C1CCC(N2C(=O)C3=C(C2=O)N(Cc2nc(-c4cccn5ccnc45)no2)CCC3)C(=O)N1. The van der Waals surface area contributed by atoms with Gasteiger partial charge in [-0.05, 0) is 31.4 Å². The van der Waals surface area contributed by atoms with Gasteiger partial charge in [-0.2, -0.15) is 4.98 Å². The highest BCUT2D eigenvalue weighted by Crippen LogP contribution is 2.34. The second-order valence-corrected chi connectivity index (χ2v) is 8.39. The van der Waals surface area contributed by atoms with Crippen LogP contribution < -0.4 is 5.32 Å². The molecule has 6 heterocycles. The van der Waals surface area contributed by atoms with Crippen LogP contribution in [0.4, 0.5) is 0 Å². The monoisotopic (exact) mass is 461 g/mol. The van der Waals surface area contributed by atoms with Gasteiger partial charge in [0.2, 0.25) is 23.5 Å². The number of piperidine rings is 1. The average Bonchev–Trinajstić information content (AvgIpc) is 3.54. The number of fused-ring (bicyclic) bond motifs is 1. The summed E-state index contributed by atoms with van der Waals surface area (Å²) in [6.07, 6.45) is 6.67. The zero-order valence-corrected chi connectivity index (χ0v) is 17.9. The molecule has 1 saturated heterocycles. The number of aromatic nitrogens is 4. The molecule has 1 fully saturated rings. The van der Waals surface area contributed by atoms with Crippen molar-refractivity contribution in [1.29, 1.82) is 0 Å². The van der Waals surface area contributed by atoms with E-state index in [4.69, 9.17) is 4.52 Å². The van der Waals surface area contributed by atoms with E-state index in [2.05, 4.69) is 20.4 Å². The van der Waals surface area contributed by atoms with Gasteiger partial charge in [0.1, 0.15) is 17.4 Å². The molecule has 4 amide bonds. The number of imide groups is 2. The van der Waals surface area contributed by atoms with Crippen LogP contribution in [0.5, 0.6) is 0 Å². The maximum atomic E-state index is 13.3. The molecule has 172 valence electrons. The molecule has 0 radical (unpaired) electrons. The highest BCUT2D eigenvalue weighted by molar-refractivity contribution is 6.21. The van der Waals surface area contributed by atoms with Gasteiger partial charge in [0.25, 0.3) is 11.8 Å². The molecule has 3 aromatic rings. The van der Waals surface area contributed by atoms with Crippen LogP contribution >= 0.6 is 0 Å². The van der Waals surface area contributed by atoms with Crippen molar-refractivity contribution in [1.82, 2.24) is 34.6 Å². The summed E-state index contributed by atoms with van der Waals surface area (Å²) in [5, 5.41) is 6.29. The lowest BCUT2D eigenvalue weighted by atomic mass is 10.0. The third kappa shape index (κ3) is 3.10. The molecule has 3 aliphatic heterocycles. The molecule has 0 aliphatic carbocycles. The molecule has 0 aromatic carbocycles. The van der Waals surface area contributed by atoms with Crippen molar-refractivity contribution in [3.8, 4) is 11.4 Å². The summed E-state index contributed by atoms with van der Waals surface area (Å²) in [6, 6.07) is 2.71. The molecule has 12 heteroatoms. The Balaban J connectivity index is 1.26. The van der Waals surface area contributed by atoms with E-state index >= 15 is 0 Å². The fourth-order valence-electron chi connectivity index (χ4n) is 4.78. The number of imidazole rings is 1. The van der Waals surface area contributed by atoms with Crippen LogP contribution in [0.15, 0.2) is 46.5 Å². The van der Waals surface area contributed by atoms with Gasteiger partial charge in [-0.1, -0.05) is 5.16 Å². The van der Waals surface area contributed by atoms with Crippen molar-refractivity contribution in [2.45, 2.75) is 38.3 Å². The van der Waals surface area contributed by atoms with Crippen LogP contribution in [-0.2, 0) is 25.7 Å². The second kappa shape index (κ2) is 7.61. The summed E-state index contributed by atoms with van der Waals surface area (Å²) in [5.74, 6) is -1.38. The van der Waals surface area contributed by atoms with E-state index in [1.165, 1.54) is 0 Å². The number of hydrogen-bond donors (Lipinski definition) is 1. The first kappa shape index (κ1) is 20.3. The minimum Gasteiger partial charge on any atom is -0.357 e. The van der Waals surface area contributed by atoms with Gasteiger partial charge in [0.15, 0.2) is 0 Å². The standard InChI is InChI=1S/C22H19N7O5/c30-15-6-5-14(20(31)24-15)29-21(32)12-3-1-9-28(17(12)22(29)33)11-16-25-18(26-34-16)13-4-2-8-27-10-7-23-19(13)27/h2,4,7-8,10,14H,1,3,5-6,9,11H2,(H,24,30,31). The van der Waals surface area contributed by atoms with E-state index in [-0.39, 0.29) is 31.0 Å². The lowest BCUT2D eigenvalue weighted by Gasteiger charge is -2.29. The summed E-state index contributed by atoms with van der Waals surface area (Å²) < 4.78 is 7.30. The molecule has 1 atom stereocenters. The normalized spacial score (nSPS) is 21.0. The number of nitrogens with zero attached hydrogens (tertiary/aromatic N) is 6. The maximum absolute atomic E-state index is 13.3. The van der Waals surface area contributed by atoms with E-state index in [9.17, 15) is 19.2 Å². The van der Waals surface area contributed by atoms with Crippen molar-refractivity contribution in [3.05, 3.63) is 47.9 Å². The molecular weight excluding hydrogens is 442 g/mol. The highest BCUT2D eigenvalue weighted by Gasteiger charge is 2.48. The van der Waals surface area contributed by atoms with Crippen LogP contribution in [0.1, 0.15) is 31.6 Å². The molecule has 3 aromatic heterocycles. The minimum atomic E-state index is -0.991. The number of rotatable bonds is 4. The number of nitrogens with one attached hydrogen (secondary N) is 1. The molecule has 34 heavy (non-hydrogen) atoms. The van der Waals surface area contributed by atoms with Crippen LogP contribution in [0, 0.1) is 0 Å². The van der Waals surface area contributed by atoms with E-state index in [0.29, 0.717) is 42.0 Å². The molecular formula is C22H19N7O5. The molecule has 12 nitrogen and oxygen atoms in total. The molecule has 1 N–H and O–H groups in total. The topological polar surface area (TPSA) is 143 Å². The van der Waals surface area contributed by atoms with Crippen LogP contribution in [-0.4, -0.2) is 65.5 Å². The Labute approximate surface area is 192 Å². The molecule has 3 aliphatic rings. The zero-order valence-electron chi connectivity index (χ0n) is 17.9. The van der Waals surface area contributed by atoms with Crippen molar-refractivity contribution in [2.24, 2.45) is 0 Å².